The fourth-order valence-electron chi connectivity index (χ4n) is 5.62. The molecule has 2 aromatic heterocycles. The Labute approximate surface area is 215 Å². The molecule has 0 N–H and O–H groups in total. The van der Waals surface area contributed by atoms with E-state index in [1.807, 2.05) is 6.92 Å². The fraction of sp³-hybridized carbons (Fsp3) is 0.750. The summed E-state index contributed by atoms with van der Waals surface area (Å²) in [4.78, 5) is 21.3. The van der Waals surface area contributed by atoms with E-state index in [-0.39, 0.29) is 34.4 Å². The van der Waals surface area contributed by atoms with Gasteiger partial charge in [-0.1, -0.05) is 55.4 Å². The average Bonchev–Trinajstić information content (AvgIpc) is 3.45. The standard InChI is InChI=1S/C24H41N5O5Si2/c1-15(2)35(16(3)4)31-12-21-20(33-36(34-35,17(5)6)18(7)8)10-22(32-21)28-11-19(9)23(27-24(28)30)29-14-25-13-26-29/h11,13-18,20-22H,10,12H2,1-9H3/t20-,21+,22-/m1/s1. The quantitative estimate of drug-likeness (QED) is 0.502. The molecule has 2 aromatic rings. The fourth-order valence-corrected chi connectivity index (χ4v) is 16.8. The molecule has 0 saturated carbocycles. The van der Waals surface area contributed by atoms with E-state index >= 15 is 0 Å². The summed E-state index contributed by atoms with van der Waals surface area (Å²) in [5.41, 5.74) is 1.39. The molecule has 0 amide bonds. The number of ether oxygens (including phenoxy) is 1. The molecule has 0 spiro atoms. The number of aryl methyl sites for hydroxylation is 1. The number of nitrogens with zero attached hydrogens (tertiary/aromatic N) is 5. The van der Waals surface area contributed by atoms with E-state index in [0.29, 0.717) is 18.8 Å². The first-order valence-corrected chi connectivity index (χ1v) is 17.0. The van der Waals surface area contributed by atoms with Gasteiger partial charge in [-0.2, -0.15) is 10.1 Å². The maximum Gasteiger partial charge on any atom is 0.351 e. The van der Waals surface area contributed by atoms with Gasteiger partial charge in [0.2, 0.25) is 0 Å². The van der Waals surface area contributed by atoms with Crippen LogP contribution >= 0.6 is 0 Å². The first-order valence-electron chi connectivity index (χ1n) is 13.0. The molecule has 0 radical (unpaired) electrons. The zero-order chi connectivity index (χ0) is 26.4. The minimum atomic E-state index is -2.73. The van der Waals surface area contributed by atoms with Crippen molar-refractivity contribution < 1.29 is 17.7 Å². The van der Waals surface area contributed by atoms with Gasteiger partial charge in [0.05, 0.1) is 12.7 Å². The Morgan fingerprint density at radius 2 is 1.61 bits per heavy atom. The van der Waals surface area contributed by atoms with Crippen LogP contribution in [0.2, 0.25) is 22.2 Å². The highest BCUT2D eigenvalue weighted by atomic mass is 28.5. The highest BCUT2D eigenvalue weighted by molar-refractivity contribution is 6.83. The number of aromatic nitrogens is 5. The van der Waals surface area contributed by atoms with E-state index in [1.54, 1.807) is 10.8 Å². The molecule has 36 heavy (non-hydrogen) atoms. The maximum absolute atomic E-state index is 13.1. The maximum atomic E-state index is 13.1. The Bertz CT molecular complexity index is 1090. The molecule has 4 rings (SSSR count). The molecule has 0 bridgehead atoms. The summed E-state index contributed by atoms with van der Waals surface area (Å²) < 4.78 is 30.7. The molecule has 0 unspecified atom stereocenters. The third-order valence-corrected chi connectivity index (χ3v) is 17.9. The molecule has 0 aliphatic carbocycles. The number of rotatable bonds is 6. The average molecular weight is 536 g/mol. The van der Waals surface area contributed by atoms with Crippen LogP contribution in [0.1, 0.15) is 73.6 Å². The second-order valence-corrected chi connectivity index (χ2v) is 20.1. The number of hydrogen-bond acceptors (Lipinski definition) is 8. The second-order valence-electron chi connectivity index (χ2n) is 11.3. The summed E-state index contributed by atoms with van der Waals surface area (Å²) in [6.45, 7) is 19.9. The van der Waals surface area contributed by atoms with Gasteiger partial charge in [0.1, 0.15) is 25.0 Å². The molecule has 0 aromatic carbocycles. The lowest BCUT2D eigenvalue weighted by Gasteiger charge is -2.51. The first-order chi connectivity index (χ1) is 16.9. The molecule has 2 aliphatic rings. The molecule has 10 nitrogen and oxygen atoms in total. The second kappa shape index (κ2) is 10.2. The van der Waals surface area contributed by atoms with Crippen LogP contribution in [0.3, 0.4) is 0 Å². The minimum Gasteiger partial charge on any atom is -0.414 e. The van der Waals surface area contributed by atoms with Gasteiger partial charge in [-0.05, 0) is 29.1 Å². The lowest BCUT2D eigenvalue weighted by atomic mass is 10.2. The molecular weight excluding hydrogens is 494 g/mol. The zero-order valence-electron chi connectivity index (χ0n) is 23.0. The van der Waals surface area contributed by atoms with E-state index in [9.17, 15) is 4.79 Å². The third kappa shape index (κ3) is 4.67. The SMILES string of the molecule is Cc1cn([C@H]2C[C@H]3O[Si](C(C)C)(C(C)C)O[Si](C(C)C)(C(C)C)OC[C@@H]3O2)c(=O)nc1-n1cncn1. The van der Waals surface area contributed by atoms with E-state index in [1.165, 1.54) is 17.3 Å². The van der Waals surface area contributed by atoms with Crippen LogP contribution in [0.15, 0.2) is 23.6 Å². The zero-order valence-corrected chi connectivity index (χ0v) is 25.0. The van der Waals surface area contributed by atoms with Gasteiger partial charge < -0.3 is 17.7 Å². The van der Waals surface area contributed by atoms with Crippen molar-refractivity contribution in [1.82, 2.24) is 24.3 Å². The van der Waals surface area contributed by atoms with Crippen LogP contribution in [0.5, 0.6) is 0 Å². The minimum absolute atomic E-state index is 0.222. The summed E-state index contributed by atoms with van der Waals surface area (Å²) >= 11 is 0. The molecule has 4 heterocycles. The molecule has 2 fully saturated rings. The van der Waals surface area contributed by atoms with Gasteiger partial charge in [0.15, 0.2) is 5.82 Å². The predicted molar refractivity (Wildman–Crippen MR) is 140 cm³/mol. The lowest BCUT2D eigenvalue weighted by Crippen LogP contribution is -2.65. The summed E-state index contributed by atoms with van der Waals surface area (Å²) in [5, 5.41) is 4.11. The van der Waals surface area contributed by atoms with Crippen molar-refractivity contribution in [2.45, 2.75) is 109 Å². The Balaban J connectivity index is 1.70. The monoisotopic (exact) mass is 535 g/mol. The van der Waals surface area contributed by atoms with Crippen molar-refractivity contribution in [2.24, 2.45) is 0 Å². The van der Waals surface area contributed by atoms with E-state index in [4.69, 9.17) is 17.7 Å². The molecular formula is C24H41N5O5Si2. The molecule has 2 saturated heterocycles. The van der Waals surface area contributed by atoms with E-state index in [0.717, 1.165) is 5.56 Å². The third-order valence-electron chi connectivity index (χ3n) is 7.58. The first kappa shape index (κ1) is 27.3. The Hall–Kier alpha value is -1.71. The summed E-state index contributed by atoms with van der Waals surface area (Å²) in [6.07, 6.45) is 4.26. The van der Waals surface area contributed by atoms with E-state index < -0.39 is 29.0 Å². The highest BCUT2D eigenvalue weighted by Crippen LogP contribution is 2.48. The topological polar surface area (TPSA) is 103 Å². The Morgan fingerprint density at radius 1 is 0.972 bits per heavy atom. The van der Waals surface area contributed by atoms with Crippen LogP contribution in [-0.4, -0.2) is 60.3 Å². The van der Waals surface area contributed by atoms with Crippen LogP contribution in [-0.2, 0) is 17.7 Å². The lowest BCUT2D eigenvalue weighted by molar-refractivity contribution is -0.0566. The summed E-state index contributed by atoms with van der Waals surface area (Å²) in [6, 6.07) is 0. The number of fused-ring (bicyclic) bond motifs is 1. The molecule has 12 heteroatoms. The highest BCUT2D eigenvalue weighted by Gasteiger charge is 2.60. The van der Waals surface area contributed by atoms with Crippen LogP contribution < -0.4 is 5.69 Å². The van der Waals surface area contributed by atoms with Crippen LogP contribution in [0.25, 0.3) is 5.82 Å². The summed E-state index contributed by atoms with van der Waals surface area (Å²) in [5.74, 6) is 0.460. The summed E-state index contributed by atoms with van der Waals surface area (Å²) in [7, 11) is -5.37. The smallest absolute Gasteiger partial charge is 0.351 e. The van der Waals surface area contributed by atoms with Crippen LogP contribution in [0.4, 0.5) is 0 Å². The predicted octanol–water partition coefficient (Wildman–Crippen LogP) is 4.38. The van der Waals surface area contributed by atoms with E-state index in [2.05, 4.69) is 70.5 Å². The van der Waals surface area contributed by atoms with Gasteiger partial charge in [0, 0.05) is 18.2 Å². The van der Waals surface area contributed by atoms with Crippen molar-refractivity contribution in [3.63, 3.8) is 0 Å². The number of hydrogen-bond donors (Lipinski definition) is 0. The van der Waals surface area contributed by atoms with Crippen molar-refractivity contribution in [2.75, 3.05) is 6.61 Å². The van der Waals surface area contributed by atoms with Crippen molar-refractivity contribution in [1.29, 1.82) is 0 Å². The Morgan fingerprint density at radius 3 is 2.17 bits per heavy atom. The molecule has 2 aliphatic heterocycles. The normalized spacial score (nSPS) is 26.0. The van der Waals surface area contributed by atoms with Gasteiger partial charge in [-0.25, -0.2) is 14.5 Å². The largest absolute Gasteiger partial charge is 0.414 e. The van der Waals surface area contributed by atoms with Crippen LogP contribution in [0, 0.1) is 6.92 Å². The van der Waals surface area contributed by atoms with Gasteiger partial charge in [-0.15, -0.1) is 0 Å². The Kier molecular flexibility index (Phi) is 7.76. The van der Waals surface area contributed by atoms with Gasteiger partial charge in [0.25, 0.3) is 0 Å². The van der Waals surface area contributed by atoms with Gasteiger partial charge in [-0.3, -0.25) is 4.57 Å². The van der Waals surface area contributed by atoms with Gasteiger partial charge >= 0.3 is 22.8 Å². The van der Waals surface area contributed by atoms with Crippen molar-refractivity contribution in [3.05, 3.63) is 34.9 Å². The van der Waals surface area contributed by atoms with Crippen molar-refractivity contribution in [3.8, 4) is 5.82 Å². The van der Waals surface area contributed by atoms with Crippen molar-refractivity contribution >= 4 is 17.1 Å². The molecule has 200 valence electrons. The molecule has 3 atom stereocenters.